The lowest BCUT2D eigenvalue weighted by molar-refractivity contribution is -0.592. The zero-order valence-corrected chi connectivity index (χ0v) is 14.9. The van der Waals surface area contributed by atoms with Crippen LogP contribution in [-0.2, 0) is 18.9 Å². The molecule has 0 aromatic rings. The Morgan fingerprint density at radius 3 is 0.556 bits per heavy atom. The topological polar surface area (TPSA) is 36.9 Å². The van der Waals surface area contributed by atoms with Gasteiger partial charge in [-0.3, -0.25) is 9.47 Å². The van der Waals surface area contributed by atoms with Crippen LogP contribution in [0.2, 0.25) is 0 Å². The molecule has 0 saturated heterocycles. The van der Waals surface area contributed by atoms with Crippen molar-refractivity contribution in [3.63, 3.8) is 0 Å². The van der Waals surface area contributed by atoms with Gasteiger partial charge in [-0.2, -0.15) is 70.2 Å². The molecule has 36 heavy (non-hydrogen) atoms. The molecule has 218 valence electrons. The van der Waals surface area contributed by atoms with E-state index >= 15 is 0 Å². The van der Waals surface area contributed by atoms with E-state index in [1.165, 1.54) is 0 Å². The number of hydrogen-bond acceptors (Lipinski definition) is 4. The zero-order chi connectivity index (χ0) is 29.8. The van der Waals surface area contributed by atoms with Crippen LogP contribution in [0.5, 0.6) is 0 Å². The normalized spacial score (nSPS) is 19.2. The highest BCUT2D eigenvalue weighted by atomic mass is 19.4. The van der Waals surface area contributed by atoms with Crippen LogP contribution < -0.4 is 0 Å². The lowest BCUT2D eigenvalue weighted by atomic mass is 10.1. The summed E-state index contributed by atoms with van der Waals surface area (Å²) in [5.74, 6) is -17.4. The minimum absolute atomic E-state index is 1.09. The number of rotatable bonds is 9. The van der Waals surface area contributed by atoms with Gasteiger partial charge in [0.25, 0.3) is 0 Å². The zero-order valence-electron chi connectivity index (χ0n) is 14.9. The quantitative estimate of drug-likeness (QED) is 0.269. The van der Waals surface area contributed by atoms with Crippen molar-refractivity contribution in [2.75, 3.05) is 0 Å². The van der Waals surface area contributed by atoms with E-state index in [-0.39, 0.29) is 0 Å². The van der Waals surface area contributed by atoms with Crippen LogP contribution in [-0.4, -0.2) is 61.2 Å². The van der Waals surface area contributed by atoms with E-state index in [0.29, 0.717) is 0 Å². The Morgan fingerprint density at radius 2 is 0.417 bits per heavy atom. The number of halogens is 22. The van der Waals surface area contributed by atoms with Crippen LogP contribution in [0.4, 0.5) is 96.6 Å². The third kappa shape index (κ3) is 6.99. The minimum Gasteiger partial charge on any atom is -0.263 e. The predicted molar refractivity (Wildman–Crippen MR) is 56.0 cm³/mol. The molecule has 0 aromatic heterocycles. The molecule has 0 saturated carbocycles. The molecular weight excluding hydrogens is 602 g/mol. The van der Waals surface area contributed by atoms with Crippen molar-refractivity contribution in [3.05, 3.63) is 0 Å². The van der Waals surface area contributed by atoms with Gasteiger partial charge in [0.2, 0.25) is 0 Å². The minimum atomic E-state index is -8.70. The molecule has 0 bridgehead atoms. The smallest absolute Gasteiger partial charge is 0.263 e. The first-order valence-corrected chi connectivity index (χ1v) is 7.04. The molecule has 0 spiro atoms. The lowest BCUT2D eigenvalue weighted by Crippen LogP contribution is -2.72. The summed E-state index contributed by atoms with van der Waals surface area (Å²) in [4.78, 5) is 0. The Hall–Kier alpha value is -1.70. The summed E-state index contributed by atoms with van der Waals surface area (Å²) in [5, 5.41) is 0. The maximum atomic E-state index is 14.0. The molecule has 0 rings (SSSR count). The Morgan fingerprint density at radius 1 is 0.250 bits per heavy atom. The maximum absolute atomic E-state index is 14.0. The van der Waals surface area contributed by atoms with Crippen LogP contribution in [0.15, 0.2) is 0 Å². The molecule has 0 fully saturated rings. The Bertz CT molecular complexity index is 697. The fraction of sp³-hybridized carbons (Fsp3) is 1.00. The van der Waals surface area contributed by atoms with Crippen molar-refractivity contribution in [3.8, 4) is 0 Å². The fourth-order valence-corrected chi connectivity index (χ4v) is 1.49. The van der Waals surface area contributed by atoms with Gasteiger partial charge >= 0.3 is 61.2 Å². The van der Waals surface area contributed by atoms with E-state index in [1.54, 1.807) is 0 Å². The molecule has 0 aromatic carbocycles. The Kier molecular flexibility index (Phi) is 8.53. The van der Waals surface area contributed by atoms with Gasteiger partial charge in [0, 0.05) is 0 Å². The summed E-state index contributed by atoms with van der Waals surface area (Å²) >= 11 is 0. The highest BCUT2D eigenvalue weighted by molar-refractivity contribution is 5.01. The maximum Gasteiger partial charge on any atom is 0.527 e. The van der Waals surface area contributed by atoms with Crippen molar-refractivity contribution >= 4 is 0 Å². The van der Waals surface area contributed by atoms with Gasteiger partial charge in [-0.1, -0.05) is 0 Å². The molecule has 4 nitrogen and oxygen atoms in total. The van der Waals surface area contributed by atoms with E-state index in [9.17, 15) is 96.6 Å². The van der Waals surface area contributed by atoms with Gasteiger partial charge in [-0.05, 0) is 0 Å². The van der Waals surface area contributed by atoms with Gasteiger partial charge in [0.15, 0.2) is 0 Å². The van der Waals surface area contributed by atoms with E-state index in [4.69, 9.17) is 0 Å². The highest BCUT2D eigenvalue weighted by Crippen LogP contribution is 2.59. The lowest BCUT2D eigenvalue weighted by Gasteiger charge is -2.43. The summed E-state index contributed by atoms with van der Waals surface area (Å²) in [5.41, 5.74) is 0. The second-order valence-corrected chi connectivity index (χ2v) is 5.55. The first kappa shape index (κ1) is 34.3. The second kappa shape index (κ2) is 8.95. The molecule has 2 atom stereocenters. The summed E-state index contributed by atoms with van der Waals surface area (Å²) < 4.78 is 283. The molecule has 0 heterocycles. The molecule has 0 aliphatic rings. The third-order valence-electron chi connectivity index (χ3n) is 2.85. The molecule has 0 unspecified atom stereocenters. The van der Waals surface area contributed by atoms with Crippen molar-refractivity contribution in [1.29, 1.82) is 0 Å². The SMILES string of the molecule is FC(F)(F)OC(F)(F)C(F)(F)O[C@@](F)(C(F)(F)F)[C@](F)(OC(F)(F)C(F)(F)OC(F)(F)F)C(F)(F)F. The Balaban J connectivity index is 7.02. The molecule has 0 amide bonds. The summed E-state index contributed by atoms with van der Waals surface area (Å²) in [6.45, 7) is 0. The highest BCUT2D eigenvalue weighted by Gasteiger charge is 2.89. The van der Waals surface area contributed by atoms with Crippen LogP contribution in [0.1, 0.15) is 0 Å². The van der Waals surface area contributed by atoms with Gasteiger partial charge in [-0.25, -0.2) is 9.47 Å². The summed E-state index contributed by atoms with van der Waals surface area (Å²) in [6.07, 6.45) is -62.8. The van der Waals surface area contributed by atoms with Gasteiger partial charge < -0.3 is 0 Å². The first-order valence-electron chi connectivity index (χ1n) is 7.04. The average Bonchev–Trinajstić information content (AvgIpc) is 2.46. The van der Waals surface area contributed by atoms with E-state index in [2.05, 4.69) is 0 Å². The van der Waals surface area contributed by atoms with Crippen molar-refractivity contribution in [1.82, 2.24) is 0 Å². The van der Waals surface area contributed by atoms with Crippen molar-refractivity contribution in [2.45, 2.75) is 61.2 Å². The predicted octanol–water partition coefficient (Wildman–Crippen LogP) is 6.92. The van der Waals surface area contributed by atoms with Gasteiger partial charge in [-0.15, -0.1) is 26.3 Å². The summed E-state index contributed by atoms with van der Waals surface area (Å²) in [6, 6.07) is 0. The van der Waals surface area contributed by atoms with E-state index < -0.39 is 61.2 Å². The van der Waals surface area contributed by atoms with E-state index in [1.807, 2.05) is 0 Å². The van der Waals surface area contributed by atoms with E-state index in [0.717, 1.165) is 18.9 Å². The third-order valence-corrected chi connectivity index (χ3v) is 2.85. The van der Waals surface area contributed by atoms with Crippen molar-refractivity contribution in [2.24, 2.45) is 0 Å². The second-order valence-electron chi connectivity index (χ2n) is 5.55. The monoisotopic (exact) mass is 602 g/mol. The number of hydrogen-bond donors (Lipinski definition) is 0. The Labute approximate surface area is 178 Å². The first-order chi connectivity index (χ1) is 15.1. The molecule has 0 aliphatic carbocycles. The van der Waals surface area contributed by atoms with Crippen LogP contribution >= 0.6 is 0 Å². The largest absolute Gasteiger partial charge is 0.527 e. The molecule has 0 N–H and O–H groups in total. The summed E-state index contributed by atoms with van der Waals surface area (Å²) in [7, 11) is 0. The molecule has 0 radical (unpaired) electrons. The van der Waals surface area contributed by atoms with Crippen LogP contribution in [0.3, 0.4) is 0 Å². The van der Waals surface area contributed by atoms with Crippen LogP contribution in [0.25, 0.3) is 0 Å². The molecule has 26 heteroatoms. The van der Waals surface area contributed by atoms with Gasteiger partial charge in [0.1, 0.15) is 0 Å². The number of alkyl halides is 22. The molecule has 0 aliphatic heterocycles. The fourth-order valence-electron chi connectivity index (χ4n) is 1.49. The molecular formula is C10F22O4. The van der Waals surface area contributed by atoms with Crippen molar-refractivity contribution < 1.29 is 116 Å². The standard InChI is InChI=1S/C10F22O4/c11-1(3(13,14)15,33-5(19,20)7(23,24)35-9(27,28)29)2(12,4(16,17)18)34-6(21,22)8(25,26)36-10(30,31)32/t1-,2+. The number of ether oxygens (including phenoxy) is 4. The van der Waals surface area contributed by atoms with Crippen LogP contribution in [0, 0.1) is 0 Å². The average molecular weight is 602 g/mol. The van der Waals surface area contributed by atoms with Gasteiger partial charge in [0.05, 0.1) is 0 Å².